The molecule has 4 nitrogen and oxygen atoms in total. The Hall–Kier alpha value is -0.840. The zero-order chi connectivity index (χ0) is 12.3. The third kappa shape index (κ3) is 3.56. The zero-order valence-electron chi connectivity index (χ0n) is 10.3. The van der Waals surface area contributed by atoms with E-state index in [0.717, 1.165) is 16.9 Å². The molecule has 0 aromatic rings. The highest BCUT2D eigenvalue weighted by atomic mass is 32.1. The van der Waals surface area contributed by atoms with E-state index >= 15 is 0 Å². The Kier molecular flexibility index (Phi) is 4.20. The topological polar surface area (TPSA) is 53.2 Å². The number of fused-ring (bicyclic) bond motifs is 2. The molecular formula is C12H21N3OS. The van der Waals surface area contributed by atoms with Crippen molar-refractivity contribution in [3.05, 3.63) is 0 Å². The summed E-state index contributed by atoms with van der Waals surface area (Å²) in [6.45, 7) is 2.83. The van der Waals surface area contributed by atoms with E-state index in [2.05, 4.69) is 16.0 Å². The molecule has 1 amide bonds. The molecule has 0 aliphatic heterocycles. The molecule has 2 bridgehead atoms. The molecule has 0 aromatic carbocycles. The lowest BCUT2D eigenvalue weighted by molar-refractivity contribution is -0.118. The number of nitrogens with one attached hydrogen (secondary N) is 3. The van der Waals surface area contributed by atoms with Crippen molar-refractivity contribution < 1.29 is 4.79 Å². The second-order valence-electron chi connectivity index (χ2n) is 5.16. The number of carbonyl (C=O) groups excluding carboxylic acids is 1. The van der Waals surface area contributed by atoms with E-state index in [0.29, 0.717) is 19.1 Å². The first-order chi connectivity index (χ1) is 8.15. The van der Waals surface area contributed by atoms with E-state index in [9.17, 15) is 4.79 Å². The normalized spacial score (nSPS) is 30.1. The molecule has 96 valence electrons. The van der Waals surface area contributed by atoms with Crippen LogP contribution in [-0.2, 0) is 4.79 Å². The molecule has 2 aliphatic carbocycles. The lowest BCUT2D eigenvalue weighted by atomic mass is 9.96. The molecule has 0 unspecified atom stereocenters. The monoisotopic (exact) mass is 255 g/mol. The molecule has 3 N–H and O–H groups in total. The summed E-state index contributed by atoms with van der Waals surface area (Å²) in [5.41, 5.74) is 0. The summed E-state index contributed by atoms with van der Waals surface area (Å²) in [6, 6.07) is 0.578. The van der Waals surface area contributed by atoms with E-state index in [-0.39, 0.29) is 5.91 Å². The zero-order valence-corrected chi connectivity index (χ0v) is 11.1. The predicted octanol–water partition coefficient (Wildman–Crippen LogP) is 0.775. The van der Waals surface area contributed by atoms with Gasteiger partial charge in [0.25, 0.3) is 0 Å². The van der Waals surface area contributed by atoms with Gasteiger partial charge in [-0.3, -0.25) is 4.79 Å². The summed E-state index contributed by atoms with van der Waals surface area (Å²) >= 11 is 5.25. The van der Waals surface area contributed by atoms with E-state index < -0.39 is 0 Å². The van der Waals surface area contributed by atoms with Crippen molar-refractivity contribution >= 4 is 23.2 Å². The second-order valence-corrected chi connectivity index (χ2v) is 5.57. The Bertz CT molecular complexity index is 308. The van der Waals surface area contributed by atoms with E-state index in [1.807, 2.05) is 0 Å². The first-order valence-electron chi connectivity index (χ1n) is 6.44. The molecule has 2 rings (SSSR count). The van der Waals surface area contributed by atoms with Crippen molar-refractivity contribution in [3.8, 4) is 0 Å². The van der Waals surface area contributed by atoms with Gasteiger partial charge in [-0.05, 0) is 43.3 Å². The maximum absolute atomic E-state index is 10.7. The summed E-state index contributed by atoms with van der Waals surface area (Å²) in [6.07, 6.45) is 5.42. The van der Waals surface area contributed by atoms with Crippen molar-refractivity contribution in [3.63, 3.8) is 0 Å². The standard InChI is InChI=1S/C12H21N3OS/c1-8(16)13-4-5-14-12(17)15-11-7-9-2-3-10(11)6-9/h9-11H,2-7H2,1H3,(H,13,16)(H2,14,15,17)/t9-,10+,11+/m1/s1. The fourth-order valence-corrected chi connectivity index (χ4v) is 3.31. The summed E-state index contributed by atoms with van der Waals surface area (Å²) in [4.78, 5) is 10.7. The first-order valence-corrected chi connectivity index (χ1v) is 6.85. The van der Waals surface area contributed by atoms with Crippen LogP contribution < -0.4 is 16.0 Å². The molecule has 2 saturated carbocycles. The van der Waals surface area contributed by atoms with E-state index in [4.69, 9.17) is 12.2 Å². The molecule has 2 fully saturated rings. The van der Waals surface area contributed by atoms with Gasteiger partial charge in [0.05, 0.1) is 0 Å². The summed E-state index contributed by atoms with van der Waals surface area (Å²) in [5, 5.41) is 10.00. The molecule has 2 aliphatic rings. The third-order valence-corrected chi connectivity index (χ3v) is 4.10. The number of rotatable bonds is 4. The minimum atomic E-state index is -0.00113. The van der Waals surface area contributed by atoms with Crippen molar-refractivity contribution in [1.29, 1.82) is 0 Å². The number of hydrogen-bond donors (Lipinski definition) is 3. The van der Waals surface area contributed by atoms with E-state index in [1.54, 1.807) is 0 Å². The molecule has 17 heavy (non-hydrogen) atoms. The fraction of sp³-hybridized carbons (Fsp3) is 0.833. The molecule has 5 heteroatoms. The molecule has 0 spiro atoms. The first kappa shape index (κ1) is 12.6. The van der Waals surface area contributed by atoms with Gasteiger partial charge in [0.2, 0.25) is 5.91 Å². The smallest absolute Gasteiger partial charge is 0.216 e. The number of thiocarbonyl (C=S) groups is 1. The molecule has 3 atom stereocenters. The van der Waals surface area contributed by atoms with Crippen molar-refractivity contribution in [2.75, 3.05) is 13.1 Å². The highest BCUT2D eigenvalue weighted by molar-refractivity contribution is 7.80. The second kappa shape index (κ2) is 5.67. The van der Waals surface area contributed by atoms with Gasteiger partial charge in [-0.1, -0.05) is 6.42 Å². The lowest BCUT2D eigenvalue weighted by Crippen LogP contribution is -2.46. The van der Waals surface area contributed by atoms with Gasteiger partial charge in [-0.15, -0.1) is 0 Å². The van der Waals surface area contributed by atoms with Gasteiger partial charge in [0.15, 0.2) is 5.11 Å². The summed E-state index contributed by atoms with van der Waals surface area (Å²) < 4.78 is 0. The van der Waals surface area contributed by atoms with Gasteiger partial charge >= 0.3 is 0 Å². The van der Waals surface area contributed by atoms with E-state index in [1.165, 1.54) is 32.6 Å². The Morgan fingerprint density at radius 1 is 1.24 bits per heavy atom. The minimum Gasteiger partial charge on any atom is -0.361 e. The van der Waals surface area contributed by atoms with Crippen LogP contribution in [0.3, 0.4) is 0 Å². The van der Waals surface area contributed by atoms with Crippen LogP contribution >= 0.6 is 12.2 Å². The van der Waals surface area contributed by atoms with Gasteiger partial charge in [0.1, 0.15) is 0 Å². The van der Waals surface area contributed by atoms with Crippen molar-refractivity contribution in [1.82, 2.24) is 16.0 Å². The summed E-state index contributed by atoms with van der Waals surface area (Å²) in [5.74, 6) is 1.76. The minimum absolute atomic E-state index is 0.00113. The van der Waals surface area contributed by atoms with Gasteiger partial charge in [-0.25, -0.2) is 0 Å². The molecule has 0 heterocycles. The Morgan fingerprint density at radius 3 is 2.59 bits per heavy atom. The Balaban J connectivity index is 1.59. The SMILES string of the molecule is CC(=O)NCCNC(=S)N[C@H]1C[C@@H]2CC[C@H]1C2. The Morgan fingerprint density at radius 2 is 2.00 bits per heavy atom. The van der Waals surface area contributed by atoms with Crippen LogP contribution in [0.5, 0.6) is 0 Å². The average Bonchev–Trinajstić information content (AvgIpc) is 2.86. The molecule has 0 saturated heterocycles. The van der Waals surface area contributed by atoms with Gasteiger partial charge < -0.3 is 16.0 Å². The average molecular weight is 255 g/mol. The molecule has 0 radical (unpaired) electrons. The maximum atomic E-state index is 10.7. The van der Waals surface area contributed by atoms with Crippen LogP contribution in [0.15, 0.2) is 0 Å². The van der Waals surface area contributed by atoms with Crippen molar-refractivity contribution in [2.45, 2.75) is 38.6 Å². The molecule has 0 aromatic heterocycles. The fourth-order valence-electron chi connectivity index (χ4n) is 3.06. The Labute approximate surface area is 108 Å². The quantitative estimate of drug-likeness (QED) is 0.513. The van der Waals surface area contributed by atoms with Crippen molar-refractivity contribution in [2.24, 2.45) is 11.8 Å². The number of amides is 1. The predicted molar refractivity (Wildman–Crippen MR) is 71.7 cm³/mol. The largest absolute Gasteiger partial charge is 0.361 e. The lowest BCUT2D eigenvalue weighted by Gasteiger charge is -2.24. The van der Waals surface area contributed by atoms with Crippen LogP contribution in [0.4, 0.5) is 0 Å². The van der Waals surface area contributed by atoms with Crippen LogP contribution in [0.25, 0.3) is 0 Å². The van der Waals surface area contributed by atoms with Crippen LogP contribution in [0, 0.1) is 11.8 Å². The number of carbonyl (C=O) groups is 1. The van der Waals surface area contributed by atoms with Crippen LogP contribution in [-0.4, -0.2) is 30.2 Å². The maximum Gasteiger partial charge on any atom is 0.216 e. The molecular weight excluding hydrogens is 234 g/mol. The van der Waals surface area contributed by atoms with Crippen LogP contribution in [0.2, 0.25) is 0 Å². The third-order valence-electron chi connectivity index (χ3n) is 3.84. The summed E-state index contributed by atoms with van der Waals surface area (Å²) in [7, 11) is 0. The van der Waals surface area contributed by atoms with Gasteiger partial charge in [0, 0.05) is 26.1 Å². The number of hydrogen-bond acceptors (Lipinski definition) is 2. The highest BCUT2D eigenvalue weighted by Gasteiger charge is 2.39. The van der Waals surface area contributed by atoms with Crippen LogP contribution in [0.1, 0.15) is 32.6 Å². The van der Waals surface area contributed by atoms with Gasteiger partial charge in [-0.2, -0.15) is 0 Å². The highest BCUT2D eigenvalue weighted by Crippen LogP contribution is 2.44.